The van der Waals surface area contributed by atoms with Crippen molar-refractivity contribution in [3.05, 3.63) is 77.9 Å². The van der Waals surface area contributed by atoms with Crippen LogP contribution >= 0.6 is 0 Å². The summed E-state index contributed by atoms with van der Waals surface area (Å²) in [7, 11) is 0. The molecule has 0 saturated heterocycles. The normalized spacial score (nSPS) is 11.8. The lowest BCUT2D eigenvalue weighted by Crippen LogP contribution is -2.28. The van der Waals surface area contributed by atoms with Crippen LogP contribution in [-0.4, -0.2) is 11.8 Å². The lowest BCUT2D eigenvalue weighted by molar-refractivity contribution is -0.121. The molecule has 26 heavy (non-hydrogen) atoms. The molecular formula is C22H22N2O2. The summed E-state index contributed by atoms with van der Waals surface area (Å²) in [4.78, 5) is 23.5. The van der Waals surface area contributed by atoms with Crippen LogP contribution in [0.1, 0.15) is 31.0 Å². The quantitative estimate of drug-likeness (QED) is 0.727. The van der Waals surface area contributed by atoms with Gasteiger partial charge in [-0.25, -0.2) is 0 Å². The van der Waals surface area contributed by atoms with Gasteiger partial charge < -0.3 is 10.6 Å². The summed E-state index contributed by atoms with van der Waals surface area (Å²) < 4.78 is 0. The van der Waals surface area contributed by atoms with Gasteiger partial charge in [0.2, 0.25) is 11.8 Å². The van der Waals surface area contributed by atoms with Crippen LogP contribution in [0.25, 0.3) is 10.8 Å². The fourth-order valence-corrected chi connectivity index (χ4v) is 3.09. The second-order valence-corrected chi connectivity index (χ2v) is 6.41. The van der Waals surface area contributed by atoms with Gasteiger partial charge in [-0.1, -0.05) is 54.6 Å². The predicted octanol–water partition coefficient (Wildman–Crippen LogP) is 4.22. The molecule has 4 heteroatoms. The summed E-state index contributed by atoms with van der Waals surface area (Å²) in [6.45, 7) is 3.47. The second kappa shape index (κ2) is 7.83. The molecule has 132 valence electrons. The van der Waals surface area contributed by atoms with Gasteiger partial charge >= 0.3 is 0 Å². The van der Waals surface area contributed by atoms with Crippen molar-refractivity contribution in [2.75, 3.05) is 5.32 Å². The molecule has 1 unspecified atom stereocenters. The molecule has 0 aliphatic carbocycles. The van der Waals surface area contributed by atoms with E-state index in [0.717, 1.165) is 22.2 Å². The number of hydrogen-bond acceptors (Lipinski definition) is 2. The van der Waals surface area contributed by atoms with E-state index in [1.165, 1.54) is 12.3 Å². The van der Waals surface area contributed by atoms with Crippen molar-refractivity contribution in [2.45, 2.75) is 26.3 Å². The van der Waals surface area contributed by atoms with Gasteiger partial charge in [0.25, 0.3) is 0 Å². The van der Waals surface area contributed by atoms with E-state index in [1.54, 1.807) is 12.1 Å². The standard InChI is InChI=1S/C22H22N2O2/c1-15(20-9-5-7-18-6-3-4-8-21(18)20)23-22(26)14-17-10-12-19(13-11-17)24-16(2)25/h3-13,15H,14H2,1-2H3,(H,23,26)(H,24,25). The Balaban J connectivity index is 1.66. The van der Waals surface area contributed by atoms with Crippen molar-refractivity contribution in [3.8, 4) is 0 Å². The summed E-state index contributed by atoms with van der Waals surface area (Å²) in [6, 6.07) is 21.6. The van der Waals surface area contributed by atoms with Crippen LogP contribution in [0.2, 0.25) is 0 Å². The molecule has 0 aliphatic rings. The molecule has 0 bridgehead atoms. The van der Waals surface area contributed by atoms with Crippen LogP contribution in [0.5, 0.6) is 0 Å². The zero-order valence-electron chi connectivity index (χ0n) is 15.0. The smallest absolute Gasteiger partial charge is 0.224 e. The van der Waals surface area contributed by atoms with E-state index in [-0.39, 0.29) is 17.9 Å². The molecule has 1 atom stereocenters. The minimum Gasteiger partial charge on any atom is -0.349 e. The topological polar surface area (TPSA) is 58.2 Å². The van der Waals surface area contributed by atoms with E-state index < -0.39 is 0 Å². The third kappa shape index (κ3) is 4.28. The van der Waals surface area contributed by atoms with Crippen LogP contribution in [-0.2, 0) is 16.0 Å². The first kappa shape index (κ1) is 17.7. The molecule has 0 radical (unpaired) electrons. The monoisotopic (exact) mass is 346 g/mol. The molecule has 0 heterocycles. The lowest BCUT2D eigenvalue weighted by atomic mass is 9.99. The van der Waals surface area contributed by atoms with E-state index in [9.17, 15) is 9.59 Å². The van der Waals surface area contributed by atoms with E-state index in [2.05, 4.69) is 34.9 Å². The maximum atomic E-state index is 12.4. The highest BCUT2D eigenvalue weighted by atomic mass is 16.2. The van der Waals surface area contributed by atoms with Gasteiger partial charge in [-0.15, -0.1) is 0 Å². The molecule has 0 aliphatic heterocycles. The van der Waals surface area contributed by atoms with Crippen molar-refractivity contribution >= 4 is 28.3 Å². The number of rotatable bonds is 5. The van der Waals surface area contributed by atoms with Crippen molar-refractivity contribution in [1.82, 2.24) is 5.32 Å². The molecule has 0 spiro atoms. The Hall–Kier alpha value is -3.14. The molecule has 3 aromatic rings. The summed E-state index contributed by atoms with van der Waals surface area (Å²) in [5, 5.41) is 8.11. The first-order chi connectivity index (χ1) is 12.5. The summed E-state index contributed by atoms with van der Waals surface area (Å²) in [6.07, 6.45) is 0.301. The number of fused-ring (bicyclic) bond motifs is 1. The largest absolute Gasteiger partial charge is 0.349 e. The molecule has 0 saturated carbocycles. The van der Waals surface area contributed by atoms with Crippen LogP contribution in [0, 0.1) is 0 Å². The van der Waals surface area contributed by atoms with Gasteiger partial charge in [-0.2, -0.15) is 0 Å². The highest BCUT2D eigenvalue weighted by molar-refractivity contribution is 5.89. The van der Waals surface area contributed by atoms with Crippen molar-refractivity contribution in [3.63, 3.8) is 0 Å². The first-order valence-corrected chi connectivity index (χ1v) is 8.66. The molecule has 2 N–H and O–H groups in total. The van der Waals surface area contributed by atoms with Gasteiger partial charge in [0.05, 0.1) is 12.5 Å². The van der Waals surface area contributed by atoms with Gasteiger partial charge in [-0.05, 0) is 41.0 Å². The molecule has 0 fully saturated rings. The highest BCUT2D eigenvalue weighted by Crippen LogP contribution is 2.24. The van der Waals surface area contributed by atoms with Crippen LogP contribution in [0.15, 0.2) is 66.7 Å². The maximum absolute atomic E-state index is 12.4. The lowest BCUT2D eigenvalue weighted by Gasteiger charge is -2.17. The highest BCUT2D eigenvalue weighted by Gasteiger charge is 2.12. The molecule has 0 aromatic heterocycles. The number of hydrogen-bond donors (Lipinski definition) is 2. The van der Waals surface area contributed by atoms with E-state index in [0.29, 0.717) is 6.42 Å². The first-order valence-electron chi connectivity index (χ1n) is 8.66. The molecule has 3 rings (SSSR count). The zero-order chi connectivity index (χ0) is 18.5. The number of carbonyl (C=O) groups is 2. The van der Waals surface area contributed by atoms with E-state index >= 15 is 0 Å². The Labute approximate surface area is 153 Å². The van der Waals surface area contributed by atoms with Crippen LogP contribution < -0.4 is 10.6 Å². The SMILES string of the molecule is CC(=O)Nc1ccc(CC(=O)NC(C)c2cccc3ccccc23)cc1. The third-order valence-electron chi connectivity index (χ3n) is 4.31. The maximum Gasteiger partial charge on any atom is 0.224 e. The minimum absolute atomic E-state index is 0.0299. The number of carbonyl (C=O) groups excluding carboxylic acids is 2. The molecule has 2 amide bonds. The van der Waals surface area contributed by atoms with Crippen molar-refractivity contribution in [1.29, 1.82) is 0 Å². The molecule has 3 aromatic carbocycles. The number of anilines is 1. The minimum atomic E-state index is -0.112. The van der Waals surface area contributed by atoms with Gasteiger partial charge in [0, 0.05) is 12.6 Å². The molecular weight excluding hydrogens is 324 g/mol. The van der Waals surface area contributed by atoms with Crippen molar-refractivity contribution < 1.29 is 9.59 Å². The van der Waals surface area contributed by atoms with E-state index in [4.69, 9.17) is 0 Å². The Bertz CT molecular complexity index is 927. The number of benzene rings is 3. The zero-order valence-corrected chi connectivity index (χ0v) is 15.0. The number of nitrogens with one attached hydrogen (secondary N) is 2. The van der Waals surface area contributed by atoms with Crippen molar-refractivity contribution in [2.24, 2.45) is 0 Å². The fourth-order valence-electron chi connectivity index (χ4n) is 3.09. The van der Waals surface area contributed by atoms with Gasteiger partial charge in [-0.3, -0.25) is 9.59 Å². The summed E-state index contributed by atoms with van der Waals surface area (Å²) >= 11 is 0. The average molecular weight is 346 g/mol. The average Bonchev–Trinajstić information content (AvgIpc) is 2.62. The third-order valence-corrected chi connectivity index (χ3v) is 4.31. The fraction of sp³-hybridized carbons (Fsp3) is 0.182. The Kier molecular flexibility index (Phi) is 5.32. The predicted molar refractivity (Wildman–Crippen MR) is 105 cm³/mol. The summed E-state index contributed by atoms with van der Waals surface area (Å²) in [5.41, 5.74) is 2.74. The van der Waals surface area contributed by atoms with Gasteiger partial charge in [0.15, 0.2) is 0 Å². The Morgan fingerprint density at radius 2 is 1.62 bits per heavy atom. The molecule has 4 nitrogen and oxygen atoms in total. The van der Waals surface area contributed by atoms with Crippen LogP contribution in [0.3, 0.4) is 0 Å². The van der Waals surface area contributed by atoms with Crippen LogP contribution in [0.4, 0.5) is 5.69 Å². The summed E-state index contributed by atoms with van der Waals surface area (Å²) in [5.74, 6) is -0.142. The Morgan fingerprint density at radius 1 is 0.923 bits per heavy atom. The number of amides is 2. The van der Waals surface area contributed by atoms with Gasteiger partial charge in [0.1, 0.15) is 0 Å². The second-order valence-electron chi connectivity index (χ2n) is 6.41. The Morgan fingerprint density at radius 3 is 2.35 bits per heavy atom. The van der Waals surface area contributed by atoms with E-state index in [1.807, 2.05) is 37.3 Å².